The summed E-state index contributed by atoms with van der Waals surface area (Å²) in [6, 6.07) is 3.42. The van der Waals surface area contributed by atoms with Gasteiger partial charge in [0.25, 0.3) is 0 Å². The zero-order valence-corrected chi connectivity index (χ0v) is 14.3. The van der Waals surface area contributed by atoms with Crippen LogP contribution in [0.4, 0.5) is 4.39 Å². The van der Waals surface area contributed by atoms with Gasteiger partial charge in [-0.05, 0) is 29.9 Å². The highest BCUT2D eigenvalue weighted by atomic mass is 35.5. The second-order valence-corrected chi connectivity index (χ2v) is 7.31. The number of hydrogen-bond donors (Lipinski definition) is 0. The second kappa shape index (κ2) is 5.96. The number of nitrogens with zero attached hydrogens (tertiary/aromatic N) is 2. The number of fused-ring (bicyclic) bond motifs is 1. The van der Waals surface area contributed by atoms with Gasteiger partial charge in [0, 0.05) is 24.9 Å². The molecule has 0 aliphatic carbocycles. The number of halogens is 2. The molecule has 2 nitrogen and oxygen atoms in total. The van der Waals surface area contributed by atoms with Crippen molar-refractivity contribution in [3.8, 4) is 0 Å². The summed E-state index contributed by atoms with van der Waals surface area (Å²) >= 11 is 5.90. The van der Waals surface area contributed by atoms with E-state index in [1.54, 1.807) is 6.92 Å². The Balaban J connectivity index is 2.53. The molecule has 2 aromatic rings. The molecule has 1 unspecified atom stereocenters. The van der Waals surface area contributed by atoms with Crippen LogP contribution in [-0.2, 0) is 13.0 Å². The summed E-state index contributed by atoms with van der Waals surface area (Å²) in [6.07, 6.45) is 0.702. The molecule has 0 amide bonds. The number of aryl methyl sites for hydroxylation is 2. The molecular weight excluding hydrogens is 287 g/mol. The Labute approximate surface area is 131 Å². The van der Waals surface area contributed by atoms with Crippen molar-refractivity contribution in [2.24, 2.45) is 11.3 Å². The van der Waals surface area contributed by atoms with Gasteiger partial charge in [0.1, 0.15) is 11.6 Å². The van der Waals surface area contributed by atoms with Gasteiger partial charge in [-0.15, -0.1) is 11.6 Å². The van der Waals surface area contributed by atoms with Gasteiger partial charge in [-0.2, -0.15) is 0 Å². The van der Waals surface area contributed by atoms with Crippen molar-refractivity contribution in [1.29, 1.82) is 0 Å². The van der Waals surface area contributed by atoms with E-state index in [2.05, 4.69) is 37.2 Å². The van der Waals surface area contributed by atoms with Crippen molar-refractivity contribution in [3.05, 3.63) is 29.3 Å². The lowest BCUT2D eigenvalue weighted by Gasteiger charge is -2.28. The number of hydrogen-bond acceptors (Lipinski definition) is 1. The van der Waals surface area contributed by atoms with E-state index in [1.165, 1.54) is 6.07 Å². The lowest BCUT2D eigenvalue weighted by Crippen LogP contribution is -2.23. The van der Waals surface area contributed by atoms with Crippen LogP contribution in [0.2, 0.25) is 0 Å². The zero-order valence-electron chi connectivity index (χ0n) is 13.5. The number of rotatable bonds is 4. The van der Waals surface area contributed by atoms with Crippen LogP contribution in [0, 0.1) is 24.1 Å². The fourth-order valence-corrected chi connectivity index (χ4v) is 2.50. The summed E-state index contributed by atoms with van der Waals surface area (Å²) in [5.41, 5.74) is 2.60. The largest absolute Gasteiger partial charge is 0.328 e. The van der Waals surface area contributed by atoms with Crippen LogP contribution in [0.15, 0.2) is 12.1 Å². The zero-order chi connectivity index (χ0) is 15.8. The maximum atomic E-state index is 13.8. The SMILES string of the molecule is Cc1cc2c(cc1F)nc(CCCl)n2CC(C)C(C)(C)C. The molecule has 0 saturated heterocycles. The molecule has 0 saturated carbocycles. The highest BCUT2D eigenvalue weighted by Gasteiger charge is 2.23. The normalized spacial score (nSPS) is 13.9. The number of aromatic nitrogens is 2. The van der Waals surface area contributed by atoms with Crippen molar-refractivity contribution in [2.45, 2.75) is 47.6 Å². The van der Waals surface area contributed by atoms with Crippen LogP contribution in [0.3, 0.4) is 0 Å². The molecule has 1 aromatic heterocycles. The van der Waals surface area contributed by atoms with Gasteiger partial charge in [0.05, 0.1) is 11.0 Å². The Morgan fingerprint density at radius 3 is 2.57 bits per heavy atom. The molecule has 0 aliphatic heterocycles. The van der Waals surface area contributed by atoms with Gasteiger partial charge >= 0.3 is 0 Å². The maximum absolute atomic E-state index is 13.8. The smallest absolute Gasteiger partial charge is 0.128 e. The second-order valence-electron chi connectivity index (χ2n) is 6.93. The van der Waals surface area contributed by atoms with E-state index < -0.39 is 0 Å². The average molecular weight is 311 g/mol. The van der Waals surface area contributed by atoms with E-state index >= 15 is 0 Å². The minimum absolute atomic E-state index is 0.201. The minimum Gasteiger partial charge on any atom is -0.328 e. The first kappa shape index (κ1) is 16.3. The summed E-state index contributed by atoms with van der Waals surface area (Å²) in [5.74, 6) is 1.75. The van der Waals surface area contributed by atoms with Crippen LogP contribution in [0.1, 0.15) is 39.1 Å². The van der Waals surface area contributed by atoms with E-state index in [-0.39, 0.29) is 11.2 Å². The monoisotopic (exact) mass is 310 g/mol. The van der Waals surface area contributed by atoms with Crippen LogP contribution >= 0.6 is 11.6 Å². The van der Waals surface area contributed by atoms with Crippen LogP contribution in [0.5, 0.6) is 0 Å². The molecule has 1 aromatic carbocycles. The predicted octanol–water partition coefficient (Wildman–Crippen LogP) is 4.95. The molecule has 0 spiro atoms. The molecule has 116 valence electrons. The van der Waals surface area contributed by atoms with E-state index in [9.17, 15) is 4.39 Å². The molecule has 21 heavy (non-hydrogen) atoms. The van der Waals surface area contributed by atoms with E-state index in [0.717, 1.165) is 23.4 Å². The van der Waals surface area contributed by atoms with Gasteiger partial charge in [-0.1, -0.05) is 27.7 Å². The van der Waals surface area contributed by atoms with Crippen molar-refractivity contribution < 1.29 is 4.39 Å². The molecule has 0 N–H and O–H groups in total. The molecule has 0 radical (unpaired) electrons. The lowest BCUT2D eigenvalue weighted by atomic mass is 9.82. The van der Waals surface area contributed by atoms with Crippen molar-refractivity contribution in [3.63, 3.8) is 0 Å². The van der Waals surface area contributed by atoms with Crippen molar-refractivity contribution in [2.75, 3.05) is 5.88 Å². The van der Waals surface area contributed by atoms with Crippen molar-refractivity contribution in [1.82, 2.24) is 9.55 Å². The van der Waals surface area contributed by atoms with Gasteiger partial charge in [-0.3, -0.25) is 0 Å². The third-order valence-electron chi connectivity index (χ3n) is 4.36. The fourth-order valence-electron chi connectivity index (χ4n) is 2.33. The third-order valence-corrected chi connectivity index (χ3v) is 4.55. The topological polar surface area (TPSA) is 17.8 Å². The molecular formula is C17H24ClFN2. The summed E-state index contributed by atoms with van der Waals surface area (Å²) in [7, 11) is 0. The molecule has 1 atom stereocenters. The number of benzene rings is 1. The Morgan fingerprint density at radius 1 is 1.33 bits per heavy atom. The predicted molar refractivity (Wildman–Crippen MR) is 87.5 cm³/mol. The van der Waals surface area contributed by atoms with Gasteiger partial charge in [0.2, 0.25) is 0 Å². The minimum atomic E-state index is -0.201. The molecule has 0 aliphatic rings. The number of alkyl halides is 1. The van der Waals surface area contributed by atoms with Gasteiger partial charge < -0.3 is 4.57 Å². The standard InChI is InChI=1S/C17H24ClFN2/c1-11-8-15-14(9-13(11)19)20-16(6-7-18)21(15)10-12(2)17(3,4)5/h8-9,12H,6-7,10H2,1-5H3. The summed E-state index contributed by atoms with van der Waals surface area (Å²) in [6.45, 7) is 11.6. The molecule has 1 heterocycles. The summed E-state index contributed by atoms with van der Waals surface area (Å²) in [4.78, 5) is 4.58. The average Bonchev–Trinajstić information content (AvgIpc) is 2.67. The van der Waals surface area contributed by atoms with Crippen LogP contribution < -0.4 is 0 Å². The lowest BCUT2D eigenvalue weighted by molar-refractivity contribution is 0.233. The highest BCUT2D eigenvalue weighted by Crippen LogP contribution is 2.29. The summed E-state index contributed by atoms with van der Waals surface area (Å²) in [5, 5.41) is 0. The van der Waals surface area contributed by atoms with E-state index in [4.69, 9.17) is 11.6 Å². The van der Waals surface area contributed by atoms with E-state index in [0.29, 0.717) is 23.8 Å². The first-order valence-electron chi connectivity index (χ1n) is 7.45. The van der Waals surface area contributed by atoms with Gasteiger partial charge in [-0.25, -0.2) is 9.37 Å². The first-order chi connectivity index (χ1) is 9.74. The van der Waals surface area contributed by atoms with Gasteiger partial charge in [0.15, 0.2) is 0 Å². The Morgan fingerprint density at radius 2 is 2.00 bits per heavy atom. The number of imidazole rings is 1. The molecule has 4 heteroatoms. The third kappa shape index (κ3) is 3.39. The highest BCUT2D eigenvalue weighted by molar-refractivity contribution is 6.17. The first-order valence-corrected chi connectivity index (χ1v) is 7.98. The fraction of sp³-hybridized carbons (Fsp3) is 0.588. The van der Waals surface area contributed by atoms with Crippen LogP contribution in [0.25, 0.3) is 11.0 Å². The Kier molecular flexibility index (Phi) is 4.62. The molecule has 0 fully saturated rings. The Bertz CT molecular complexity index is 640. The molecule has 0 bridgehead atoms. The Hall–Kier alpha value is -1.09. The maximum Gasteiger partial charge on any atom is 0.128 e. The molecule has 2 rings (SSSR count). The summed E-state index contributed by atoms with van der Waals surface area (Å²) < 4.78 is 16.0. The van der Waals surface area contributed by atoms with Crippen LogP contribution in [-0.4, -0.2) is 15.4 Å². The van der Waals surface area contributed by atoms with E-state index in [1.807, 2.05) is 6.07 Å². The quantitative estimate of drug-likeness (QED) is 0.731. The van der Waals surface area contributed by atoms with Crippen molar-refractivity contribution >= 4 is 22.6 Å².